The molecule has 0 spiro atoms. The van der Waals surface area contributed by atoms with Crippen molar-refractivity contribution in [2.75, 3.05) is 21.3 Å². The van der Waals surface area contributed by atoms with Crippen molar-refractivity contribution in [3.63, 3.8) is 0 Å². The van der Waals surface area contributed by atoms with Gasteiger partial charge in [-0.15, -0.1) is 5.10 Å². The first-order valence-electron chi connectivity index (χ1n) is 11.8. The van der Waals surface area contributed by atoms with Crippen molar-refractivity contribution in [2.24, 2.45) is 0 Å². The maximum absolute atomic E-state index is 13.4. The molecule has 38 heavy (non-hydrogen) atoms. The molecule has 4 aromatic rings. The molecule has 0 saturated carbocycles. The van der Waals surface area contributed by atoms with Gasteiger partial charge in [0.05, 0.1) is 26.8 Å². The summed E-state index contributed by atoms with van der Waals surface area (Å²) in [5.41, 5.74) is 4.23. The van der Waals surface area contributed by atoms with Crippen LogP contribution in [0.25, 0.3) is 11.0 Å². The Bertz CT molecular complexity index is 1540. The van der Waals surface area contributed by atoms with Crippen LogP contribution in [-0.2, 0) is 11.5 Å². The summed E-state index contributed by atoms with van der Waals surface area (Å²) in [6, 6.07) is 10.8. The highest BCUT2D eigenvalue weighted by molar-refractivity contribution is 5.98. The van der Waals surface area contributed by atoms with E-state index < -0.39 is 11.9 Å². The number of aryl methyl sites for hydroxylation is 2. The number of fused-ring (bicyclic) bond motifs is 1. The topological polar surface area (TPSA) is 111 Å². The van der Waals surface area contributed by atoms with Crippen molar-refractivity contribution < 1.29 is 33.3 Å². The number of carbonyl (C=O) groups is 2. The highest BCUT2D eigenvalue weighted by atomic mass is 16.5. The van der Waals surface area contributed by atoms with Gasteiger partial charge in [-0.1, -0.05) is 17.3 Å². The molecule has 198 valence electrons. The third-order valence-electron chi connectivity index (χ3n) is 6.33. The normalized spacial score (nSPS) is 10.8. The van der Waals surface area contributed by atoms with E-state index in [1.807, 2.05) is 24.3 Å². The lowest BCUT2D eigenvalue weighted by molar-refractivity contribution is 0.0592. The predicted octanol–water partition coefficient (Wildman–Crippen LogP) is 4.72. The summed E-state index contributed by atoms with van der Waals surface area (Å²) in [7, 11) is 4.33. The minimum atomic E-state index is -0.619. The van der Waals surface area contributed by atoms with Gasteiger partial charge in [-0.3, -0.25) is 0 Å². The SMILES string of the molecule is COC(=O)c1c(C)cc(OC(=O)c2c(C)cc(OC)c(C)c2OC)c(C)c1OCn1nnc2ccccc21. The molecule has 10 nitrogen and oxygen atoms in total. The standard InChI is InChI=1S/C28H29N3O7/c1-15-12-21(34-5)17(3)25(35-6)23(15)28(33)38-22-13-16(2)24(27(32)36-7)26(18(22)4)37-14-31-20-11-9-8-10-19(20)29-30-31/h8-13H,14H2,1-7H3. The molecule has 0 fully saturated rings. The molecule has 0 N–H and O–H groups in total. The van der Waals surface area contributed by atoms with Gasteiger partial charge in [0.2, 0.25) is 0 Å². The first kappa shape index (κ1) is 26.5. The number of carbonyl (C=O) groups excluding carboxylic acids is 2. The number of methoxy groups -OCH3 is 3. The highest BCUT2D eigenvalue weighted by Crippen LogP contribution is 2.38. The minimum absolute atomic E-state index is 0.0349. The zero-order valence-corrected chi connectivity index (χ0v) is 22.4. The average molecular weight is 520 g/mol. The fraction of sp³-hybridized carbons (Fsp3) is 0.286. The zero-order chi connectivity index (χ0) is 27.6. The van der Waals surface area contributed by atoms with Gasteiger partial charge in [0.1, 0.15) is 39.6 Å². The van der Waals surface area contributed by atoms with Crippen molar-refractivity contribution in [1.82, 2.24) is 15.0 Å². The molecule has 0 aliphatic rings. The van der Waals surface area contributed by atoms with Crippen LogP contribution in [0.1, 0.15) is 43.0 Å². The number of para-hydroxylation sites is 1. The summed E-state index contributed by atoms with van der Waals surface area (Å²) in [4.78, 5) is 26.1. The monoisotopic (exact) mass is 519 g/mol. The van der Waals surface area contributed by atoms with E-state index in [1.54, 1.807) is 51.6 Å². The summed E-state index contributed by atoms with van der Waals surface area (Å²) in [5, 5.41) is 8.27. The Balaban J connectivity index is 1.74. The number of benzene rings is 3. The fourth-order valence-electron chi connectivity index (χ4n) is 4.36. The lowest BCUT2D eigenvalue weighted by Gasteiger charge is -2.20. The molecule has 4 rings (SSSR count). The lowest BCUT2D eigenvalue weighted by atomic mass is 10.0. The average Bonchev–Trinajstić information content (AvgIpc) is 3.32. The van der Waals surface area contributed by atoms with Crippen LogP contribution in [-0.4, -0.2) is 48.3 Å². The van der Waals surface area contributed by atoms with Gasteiger partial charge in [-0.25, -0.2) is 14.3 Å². The van der Waals surface area contributed by atoms with E-state index in [9.17, 15) is 9.59 Å². The van der Waals surface area contributed by atoms with Gasteiger partial charge in [-0.2, -0.15) is 0 Å². The first-order valence-corrected chi connectivity index (χ1v) is 11.8. The largest absolute Gasteiger partial charge is 0.496 e. The number of rotatable bonds is 8. The Labute approximate surface area is 220 Å². The lowest BCUT2D eigenvalue weighted by Crippen LogP contribution is -2.16. The summed E-state index contributed by atoms with van der Waals surface area (Å²) in [6.45, 7) is 6.95. The Morgan fingerprint density at radius 2 is 1.45 bits per heavy atom. The smallest absolute Gasteiger partial charge is 0.347 e. The number of aromatic nitrogens is 3. The van der Waals surface area contributed by atoms with Crippen LogP contribution in [0.2, 0.25) is 0 Å². The molecule has 10 heteroatoms. The maximum atomic E-state index is 13.4. The second kappa shape index (κ2) is 10.8. The molecular weight excluding hydrogens is 490 g/mol. The van der Waals surface area contributed by atoms with E-state index in [1.165, 1.54) is 14.2 Å². The van der Waals surface area contributed by atoms with E-state index >= 15 is 0 Å². The van der Waals surface area contributed by atoms with E-state index in [0.717, 1.165) is 5.52 Å². The Hall–Kier alpha value is -4.60. The van der Waals surface area contributed by atoms with Crippen molar-refractivity contribution in [3.8, 4) is 23.0 Å². The van der Waals surface area contributed by atoms with Crippen LogP contribution >= 0.6 is 0 Å². The van der Waals surface area contributed by atoms with Gasteiger partial charge < -0.3 is 23.7 Å². The number of esters is 2. The van der Waals surface area contributed by atoms with Gasteiger partial charge in [0.15, 0.2) is 6.73 Å². The zero-order valence-electron chi connectivity index (χ0n) is 22.4. The molecule has 1 aromatic heterocycles. The molecular formula is C28H29N3O7. The quantitative estimate of drug-likeness (QED) is 0.241. The van der Waals surface area contributed by atoms with Crippen LogP contribution in [0.5, 0.6) is 23.0 Å². The Morgan fingerprint density at radius 3 is 2.11 bits per heavy atom. The predicted molar refractivity (Wildman–Crippen MR) is 139 cm³/mol. The van der Waals surface area contributed by atoms with Gasteiger partial charge in [0, 0.05) is 11.1 Å². The highest BCUT2D eigenvalue weighted by Gasteiger charge is 2.27. The van der Waals surface area contributed by atoms with Crippen molar-refractivity contribution in [2.45, 2.75) is 34.4 Å². The molecule has 0 amide bonds. The molecule has 1 heterocycles. The molecule has 0 bridgehead atoms. The maximum Gasteiger partial charge on any atom is 0.347 e. The van der Waals surface area contributed by atoms with Crippen molar-refractivity contribution >= 4 is 23.0 Å². The molecule has 0 unspecified atom stereocenters. The fourth-order valence-corrected chi connectivity index (χ4v) is 4.36. The van der Waals surface area contributed by atoms with Crippen LogP contribution in [0, 0.1) is 27.7 Å². The number of nitrogens with zero attached hydrogens (tertiary/aromatic N) is 3. The molecule has 0 aliphatic carbocycles. The minimum Gasteiger partial charge on any atom is -0.496 e. The number of ether oxygens (including phenoxy) is 5. The molecule has 0 radical (unpaired) electrons. The second-order valence-corrected chi connectivity index (χ2v) is 8.68. The second-order valence-electron chi connectivity index (χ2n) is 8.68. The van der Waals surface area contributed by atoms with Crippen LogP contribution in [0.3, 0.4) is 0 Å². The molecule has 0 aliphatic heterocycles. The third kappa shape index (κ3) is 4.72. The van der Waals surface area contributed by atoms with Crippen LogP contribution in [0.4, 0.5) is 0 Å². The number of hydrogen-bond donors (Lipinski definition) is 0. The van der Waals surface area contributed by atoms with E-state index in [4.69, 9.17) is 23.7 Å². The van der Waals surface area contributed by atoms with Crippen LogP contribution < -0.4 is 18.9 Å². The van der Waals surface area contributed by atoms with Gasteiger partial charge >= 0.3 is 11.9 Å². The van der Waals surface area contributed by atoms with Crippen molar-refractivity contribution in [3.05, 3.63) is 69.8 Å². The summed E-state index contributed by atoms with van der Waals surface area (Å²) in [6.07, 6.45) is 0. The van der Waals surface area contributed by atoms with Gasteiger partial charge in [0.25, 0.3) is 0 Å². The molecule has 0 atom stereocenters. The van der Waals surface area contributed by atoms with E-state index in [2.05, 4.69) is 10.3 Å². The van der Waals surface area contributed by atoms with E-state index in [-0.39, 0.29) is 29.4 Å². The summed E-state index contributed by atoms with van der Waals surface area (Å²) < 4.78 is 29.5. The van der Waals surface area contributed by atoms with Gasteiger partial charge in [-0.05, 0) is 63.1 Å². The molecule has 0 saturated heterocycles. The third-order valence-corrected chi connectivity index (χ3v) is 6.33. The molecule has 3 aromatic carbocycles. The Kier molecular flexibility index (Phi) is 7.52. The van der Waals surface area contributed by atoms with Crippen LogP contribution in [0.15, 0.2) is 36.4 Å². The van der Waals surface area contributed by atoms with E-state index in [0.29, 0.717) is 39.3 Å². The van der Waals surface area contributed by atoms with Crippen molar-refractivity contribution in [1.29, 1.82) is 0 Å². The first-order chi connectivity index (χ1) is 18.2. The Morgan fingerprint density at radius 1 is 0.816 bits per heavy atom. The number of hydrogen-bond acceptors (Lipinski definition) is 9. The summed E-state index contributed by atoms with van der Waals surface area (Å²) in [5.74, 6) is 0.211. The summed E-state index contributed by atoms with van der Waals surface area (Å²) >= 11 is 0.